The quantitative estimate of drug-likeness (QED) is 0.541. The van der Waals surface area contributed by atoms with E-state index in [1.54, 1.807) is 0 Å². The Morgan fingerprint density at radius 2 is 2.50 bits per heavy atom. The van der Waals surface area contributed by atoms with Gasteiger partial charge in [0.05, 0.1) is 12.2 Å². The number of morpholine rings is 1. The SMILES string of the molecule is CC12CCCC1NCCO2. The zero-order valence-electron chi connectivity index (χ0n) is 6.52. The number of fused-ring (bicyclic) bond motifs is 1. The van der Waals surface area contributed by atoms with Crippen molar-refractivity contribution in [2.24, 2.45) is 0 Å². The molecule has 0 amide bonds. The third-order valence-corrected chi connectivity index (χ3v) is 2.83. The summed E-state index contributed by atoms with van der Waals surface area (Å²) in [5.74, 6) is 0. The van der Waals surface area contributed by atoms with Crippen molar-refractivity contribution < 1.29 is 4.74 Å². The smallest absolute Gasteiger partial charge is 0.0807 e. The van der Waals surface area contributed by atoms with E-state index in [9.17, 15) is 0 Å². The van der Waals surface area contributed by atoms with Crippen LogP contribution in [-0.4, -0.2) is 24.8 Å². The Kier molecular flexibility index (Phi) is 1.46. The zero-order chi connectivity index (χ0) is 7.03. The summed E-state index contributed by atoms with van der Waals surface area (Å²) in [5, 5.41) is 3.50. The maximum atomic E-state index is 5.73. The average Bonchev–Trinajstić information content (AvgIpc) is 2.29. The van der Waals surface area contributed by atoms with Crippen LogP contribution >= 0.6 is 0 Å². The third-order valence-electron chi connectivity index (χ3n) is 2.83. The Morgan fingerprint density at radius 3 is 3.30 bits per heavy atom. The molecule has 0 aromatic heterocycles. The molecule has 0 aromatic rings. The molecular weight excluding hydrogens is 126 g/mol. The second-order valence-corrected chi connectivity index (χ2v) is 3.56. The summed E-state index contributed by atoms with van der Waals surface area (Å²) in [4.78, 5) is 0. The first-order valence-corrected chi connectivity index (χ1v) is 4.19. The Hall–Kier alpha value is -0.0800. The fourth-order valence-electron chi connectivity index (χ4n) is 2.14. The van der Waals surface area contributed by atoms with Crippen molar-refractivity contribution in [2.75, 3.05) is 13.2 Å². The summed E-state index contributed by atoms with van der Waals surface area (Å²) in [6.45, 7) is 4.17. The van der Waals surface area contributed by atoms with Gasteiger partial charge in [-0.2, -0.15) is 0 Å². The number of nitrogens with one attached hydrogen (secondary N) is 1. The van der Waals surface area contributed by atoms with E-state index in [0.29, 0.717) is 6.04 Å². The molecule has 1 heterocycles. The van der Waals surface area contributed by atoms with Crippen LogP contribution in [0.3, 0.4) is 0 Å². The van der Waals surface area contributed by atoms with Crippen molar-refractivity contribution in [1.82, 2.24) is 5.32 Å². The van der Waals surface area contributed by atoms with Gasteiger partial charge >= 0.3 is 0 Å². The van der Waals surface area contributed by atoms with Gasteiger partial charge in [0.25, 0.3) is 0 Å². The summed E-state index contributed by atoms with van der Waals surface area (Å²) < 4.78 is 5.73. The van der Waals surface area contributed by atoms with Gasteiger partial charge in [-0.25, -0.2) is 0 Å². The minimum atomic E-state index is 0.179. The molecule has 2 atom stereocenters. The molecule has 2 nitrogen and oxygen atoms in total. The van der Waals surface area contributed by atoms with E-state index in [2.05, 4.69) is 12.2 Å². The van der Waals surface area contributed by atoms with Crippen molar-refractivity contribution in [1.29, 1.82) is 0 Å². The van der Waals surface area contributed by atoms with Crippen LogP contribution in [0.15, 0.2) is 0 Å². The highest BCUT2D eigenvalue weighted by Crippen LogP contribution is 2.34. The van der Waals surface area contributed by atoms with E-state index in [0.717, 1.165) is 13.2 Å². The molecule has 10 heavy (non-hydrogen) atoms. The molecule has 1 aliphatic heterocycles. The van der Waals surface area contributed by atoms with Crippen molar-refractivity contribution in [3.8, 4) is 0 Å². The summed E-state index contributed by atoms with van der Waals surface area (Å²) in [7, 11) is 0. The molecule has 2 unspecified atom stereocenters. The van der Waals surface area contributed by atoms with Crippen molar-refractivity contribution in [3.63, 3.8) is 0 Å². The molecule has 2 aliphatic rings. The lowest BCUT2D eigenvalue weighted by atomic mass is 9.99. The molecule has 1 aliphatic carbocycles. The van der Waals surface area contributed by atoms with Crippen molar-refractivity contribution in [2.45, 2.75) is 37.8 Å². The van der Waals surface area contributed by atoms with Crippen LogP contribution in [0.4, 0.5) is 0 Å². The lowest BCUT2D eigenvalue weighted by Gasteiger charge is -2.36. The van der Waals surface area contributed by atoms with Crippen LogP contribution in [0.25, 0.3) is 0 Å². The van der Waals surface area contributed by atoms with Gasteiger partial charge in [0.2, 0.25) is 0 Å². The zero-order valence-corrected chi connectivity index (χ0v) is 6.52. The van der Waals surface area contributed by atoms with Crippen LogP contribution in [0.1, 0.15) is 26.2 Å². The molecule has 0 bridgehead atoms. The maximum absolute atomic E-state index is 5.73. The Bertz CT molecular complexity index is 137. The molecule has 58 valence electrons. The molecule has 0 aromatic carbocycles. The van der Waals surface area contributed by atoms with Gasteiger partial charge in [-0.05, 0) is 26.2 Å². The fourth-order valence-corrected chi connectivity index (χ4v) is 2.14. The molecule has 2 rings (SSSR count). The lowest BCUT2D eigenvalue weighted by Crippen LogP contribution is -2.52. The normalized spacial score (nSPS) is 47.1. The van der Waals surface area contributed by atoms with Gasteiger partial charge in [0, 0.05) is 12.6 Å². The van der Waals surface area contributed by atoms with Crippen LogP contribution < -0.4 is 5.32 Å². The minimum Gasteiger partial charge on any atom is -0.372 e. The molecule has 1 saturated carbocycles. The molecule has 1 saturated heterocycles. The van der Waals surface area contributed by atoms with Gasteiger partial charge in [-0.15, -0.1) is 0 Å². The second-order valence-electron chi connectivity index (χ2n) is 3.56. The predicted octanol–water partition coefficient (Wildman–Crippen LogP) is 0.917. The van der Waals surface area contributed by atoms with Crippen LogP contribution in [0.5, 0.6) is 0 Å². The van der Waals surface area contributed by atoms with Crippen molar-refractivity contribution in [3.05, 3.63) is 0 Å². The van der Waals surface area contributed by atoms with E-state index in [4.69, 9.17) is 4.74 Å². The molecule has 1 N–H and O–H groups in total. The summed E-state index contributed by atoms with van der Waals surface area (Å²) in [6.07, 6.45) is 3.87. The standard InChI is InChI=1S/C8H15NO/c1-8-4-2-3-7(8)9-5-6-10-8/h7,9H,2-6H2,1H3. The number of rotatable bonds is 0. The minimum absolute atomic E-state index is 0.179. The predicted molar refractivity (Wildman–Crippen MR) is 40.0 cm³/mol. The van der Waals surface area contributed by atoms with Gasteiger partial charge in [0.1, 0.15) is 0 Å². The van der Waals surface area contributed by atoms with Crippen molar-refractivity contribution >= 4 is 0 Å². The first-order chi connectivity index (χ1) is 4.81. The Morgan fingerprint density at radius 1 is 1.60 bits per heavy atom. The fraction of sp³-hybridized carbons (Fsp3) is 1.00. The monoisotopic (exact) mass is 141 g/mol. The number of ether oxygens (including phenoxy) is 1. The molecule has 0 spiro atoms. The molecule has 0 radical (unpaired) electrons. The lowest BCUT2D eigenvalue weighted by molar-refractivity contribution is -0.0692. The van der Waals surface area contributed by atoms with Crippen LogP contribution in [0, 0.1) is 0 Å². The Balaban J connectivity index is 2.10. The molecule has 2 fully saturated rings. The summed E-state index contributed by atoms with van der Waals surface area (Å²) in [5.41, 5.74) is 0.179. The van der Waals surface area contributed by atoms with Crippen LogP contribution in [-0.2, 0) is 4.74 Å². The highest BCUT2D eigenvalue weighted by Gasteiger charge is 2.41. The van der Waals surface area contributed by atoms with Gasteiger partial charge in [-0.1, -0.05) is 0 Å². The largest absolute Gasteiger partial charge is 0.372 e. The number of hydrogen-bond donors (Lipinski definition) is 1. The van der Waals surface area contributed by atoms with Gasteiger partial charge in [0.15, 0.2) is 0 Å². The average molecular weight is 141 g/mol. The van der Waals surface area contributed by atoms with Gasteiger partial charge in [-0.3, -0.25) is 0 Å². The summed E-state index contributed by atoms with van der Waals surface area (Å²) >= 11 is 0. The Labute approximate surface area is 61.9 Å². The van der Waals surface area contributed by atoms with E-state index >= 15 is 0 Å². The first kappa shape index (κ1) is 6.62. The summed E-state index contributed by atoms with van der Waals surface area (Å²) in [6, 6.07) is 0.640. The highest BCUT2D eigenvalue weighted by molar-refractivity contribution is 4.97. The van der Waals surface area contributed by atoms with Gasteiger partial charge < -0.3 is 10.1 Å². The second kappa shape index (κ2) is 2.21. The van der Waals surface area contributed by atoms with E-state index in [-0.39, 0.29) is 5.60 Å². The van der Waals surface area contributed by atoms with Crippen LogP contribution in [0.2, 0.25) is 0 Å². The maximum Gasteiger partial charge on any atom is 0.0807 e. The number of hydrogen-bond acceptors (Lipinski definition) is 2. The third kappa shape index (κ3) is 0.867. The molecule has 2 heteroatoms. The van der Waals surface area contributed by atoms with E-state index in [1.807, 2.05) is 0 Å². The molecular formula is C8H15NO. The first-order valence-electron chi connectivity index (χ1n) is 4.19. The highest BCUT2D eigenvalue weighted by atomic mass is 16.5. The van der Waals surface area contributed by atoms with E-state index < -0.39 is 0 Å². The topological polar surface area (TPSA) is 21.3 Å². The van der Waals surface area contributed by atoms with E-state index in [1.165, 1.54) is 19.3 Å².